The van der Waals surface area contributed by atoms with Crippen LogP contribution in [0.5, 0.6) is 5.75 Å². The molecule has 0 aliphatic rings. The van der Waals surface area contributed by atoms with Crippen LogP contribution < -0.4 is 20.7 Å². The first kappa shape index (κ1) is 24.2. The van der Waals surface area contributed by atoms with E-state index in [-0.39, 0.29) is 18.6 Å². The van der Waals surface area contributed by atoms with Gasteiger partial charge in [-0.3, -0.25) is 9.79 Å². The van der Waals surface area contributed by atoms with Crippen molar-refractivity contribution in [2.24, 2.45) is 4.99 Å². The molecule has 0 radical (unpaired) electrons. The van der Waals surface area contributed by atoms with Crippen molar-refractivity contribution in [2.45, 2.75) is 39.9 Å². The third-order valence-corrected chi connectivity index (χ3v) is 4.36. The summed E-state index contributed by atoms with van der Waals surface area (Å²) in [4.78, 5) is 16.7. The summed E-state index contributed by atoms with van der Waals surface area (Å²) < 4.78 is 5.69. The van der Waals surface area contributed by atoms with Crippen LogP contribution in [-0.4, -0.2) is 49.3 Å². The molecule has 4 N–H and O–H groups in total. The van der Waals surface area contributed by atoms with Gasteiger partial charge in [0, 0.05) is 25.2 Å². The van der Waals surface area contributed by atoms with Crippen molar-refractivity contribution in [1.29, 1.82) is 0 Å². The minimum Gasteiger partial charge on any atom is -0.491 e. The van der Waals surface area contributed by atoms with Crippen molar-refractivity contribution in [3.05, 3.63) is 65.2 Å². The van der Waals surface area contributed by atoms with Crippen LogP contribution in [0.4, 0.5) is 0 Å². The largest absolute Gasteiger partial charge is 0.491 e. The number of aryl methyl sites for hydroxylation is 1. The molecule has 168 valence electrons. The molecule has 0 aromatic heterocycles. The van der Waals surface area contributed by atoms with Gasteiger partial charge in [0.05, 0.1) is 18.8 Å². The molecule has 1 unspecified atom stereocenters. The van der Waals surface area contributed by atoms with Crippen molar-refractivity contribution in [3.8, 4) is 5.75 Å². The van der Waals surface area contributed by atoms with Gasteiger partial charge in [-0.2, -0.15) is 0 Å². The molecule has 1 amide bonds. The molecule has 0 aliphatic carbocycles. The van der Waals surface area contributed by atoms with Crippen molar-refractivity contribution < 1.29 is 14.6 Å². The Bertz CT molecular complexity index is 867. The molecular formula is C24H34N4O3. The first-order chi connectivity index (χ1) is 14.9. The van der Waals surface area contributed by atoms with Gasteiger partial charge in [-0.05, 0) is 57.5 Å². The zero-order chi connectivity index (χ0) is 22.6. The predicted octanol–water partition coefficient (Wildman–Crippen LogP) is 2.80. The number of benzene rings is 2. The number of nitrogens with zero attached hydrogens (tertiary/aromatic N) is 1. The number of nitrogens with one attached hydrogen (secondary N) is 3. The van der Waals surface area contributed by atoms with Crippen molar-refractivity contribution in [1.82, 2.24) is 16.0 Å². The van der Waals surface area contributed by atoms with Crippen LogP contribution in [0.25, 0.3) is 0 Å². The Labute approximate surface area is 184 Å². The van der Waals surface area contributed by atoms with Crippen molar-refractivity contribution in [2.75, 3.05) is 26.2 Å². The van der Waals surface area contributed by atoms with E-state index in [1.54, 1.807) is 6.07 Å². The fourth-order valence-electron chi connectivity index (χ4n) is 2.94. The number of guanidine groups is 1. The Hall–Kier alpha value is -3.06. The molecule has 2 aromatic rings. The second kappa shape index (κ2) is 12.6. The number of hydrogen-bond donors (Lipinski definition) is 4. The molecule has 0 bridgehead atoms. The number of hydrogen-bond acceptors (Lipinski definition) is 4. The molecule has 0 saturated heterocycles. The lowest BCUT2D eigenvalue weighted by Gasteiger charge is -2.15. The standard InChI is InChI=1S/C24H34N4O3/c1-5-25-24(27-13-12-26-23(30)20-10-6-8-18(4)14-20)28-16-22(29)19-9-7-11-21(15-19)31-17(2)3/h6-11,14-15,17,22,29H,5,12-13,16H2,1-4H3,(H,26,30)(H2,25,27,28). The molecule has 7 heteroatoms. The lowest BCUT2D eigenvalue weighted by Crippen LogP contribution is -2.41. The average Bonchev–Trinajstić information content (AvgIpc) is 2.74. The second-order valence-corrected chi connectivity index (χ2v) is 7.53. The third kappa shape index (κ3) is 8.68. The highest BCUT2D eigenvalue weighted by molar-refractivity contribution is 5.94. The Morgan fingerprint density at radius 3 is 2.52 bits per heavy atom. The zero-order valence-corrected chi connectivity index (χ0v) is 18.8. The Morgan fingerprint density at radius 1 is 1.06 bits per heavy atom. The molecule has 2 aromatic carbocycles. The fraction of sp³-hybridized carbons (Fsp3) is 0.417. The van der Waals surface area contributed by atoms with Gasteiger partial charge in [0.1, 0.15) is 5.75 Å². The quantitative estimate of drug-likeness (QED) is 0.266. The number of carbonyl (C=O) groups excluding carboxylic acids is 1. The highest BCUT2D eigenvalue weighted by Gasteiger charge is 2.10. The lowest BCUT2D eigenvalue weighted by atomic mass is 10.1. The van der Waals surface area contributed by atoms with E-state index in [9.17, 15) is 9.90 Å². The monoisotopic (exact) mass is 426 g/mol. The third-order valence-electron chi connectivity index (χ3n) is 4.36. The van der Waals surface area contributed by atoms with Crippen LogP contribution in [0, 0.1) is 6.92 Å². The van der Waals surface area contributed by atoms with Crippen LogP contribution in [0.2, 0.25) is 0 Å². The van der Waals surface area contributed by atoms with Crippen LogP contribution in [0.1, 0.15) is 48.4 Å². The van der Waals surface area contributed by atoms with Crippen LogP contribution >= 0.6 is 0 Å². The lowest BCUT2D eigenvalue weighted by molar-refractivity contribution is 0.0954. The number of ether oxygens (including phenoxy) is 1. The molecule has 0 fully saturated rings. The molecule has 0 spiro atoms. The van der Waals surface area contributed by atoms with Crippen molar-refractivity contribution in [3.63, 3.8) is 0 Å². The number of aliphatic hydroxyl groups is 1. The first-order valence-electron chi connectivity index (χ1n) is 10.7. The summed E-state index contributed by atoms with van der Waals surface area (Å²) in [6.45, 7) is 9.71. The van der Waals surface area contributed by atoms with E-state index in [2.05, 4.69) is 20.9 Å². The first-order valence-corrected chi connectivity index (χ1v) is 10.7. The zero-order valence-electron chi connectivity index (χ0n) is 18.8. The number of rotatable bonds is 10. The predicted molar refractivity (Wildman–Crippen MR) is 125 cm³/mol. The topological polar surface area (TPSA) is 95.0 Å². The minimum absolute atomic E-state index is 0.0707. The summed E-state index contributed by atoms with van der Waals surface area (Å²) in [5.74, 6) is 1.21. The van der Waals surface area contributed by atoms with E-state index in [0.717, 1.165) is 16.9 Å². The summed E-state index contributed by atoms with van der Waals surface area (Å²) in [7, 11) is 0. The Balaban J connectivity index is 1.85. The summed E-state index contributed by atoms with van der Waals surface area (Å²) in [6, 6.07) is 14.9. The molecule has 7 nitrogen and oxygen atoms in total. The number of aliphatic hydroxyl groups excluding tert-OH is 1. The van der Waals surface area contributed by atoms with E-state index in [1.165, 1.54) is 0 Å². The summed E-state index contributed by atoms with van der Waals surface area (Å²) >= 11 is 0. The number of aliphatic imine (C=N–C) groups is 1. The highest BCUT2D eigenvalue weighted by atomic mass is 16.5. The van der Waals surface area contributed by atoms with Gasteiger partial charge in [0.15, 0.2) is 5.96 Å². The van der Waals surface area contributed by atoms with Gasteiger partial charge < -0.3 is 25.8 Å². The van der Waals surface area contributed by atoms with Gasteiger partial charge >= 0.3 is 0 Å². The van der Waals surface area contributed by atoms with Crippen LogP contribution in [0.3, 0.4) is 0 Å². The van der Waals surface area contributed by atoms with E-state index >= 15 is 0 Å². The van der Waals surface area contributed by atoms with E-state index in [4.69, 9.17) is 4.74 Å². The highest BCUT2D eigenvalue weighted by Crippen LogP contribution is 2.20. The summed E-state index contributed by atoms with van der Waals surface area (Å²) in [6.07, 6.45) is -0.673. The number of amides is 1. The molecule has 31 heavy (non-hydrogen) atoms. The Kier molecular flexibility index (Phi) is 9.84. The van der Waals surface area contributed by atoms with E-state index < -0.39 is 6.10 Å². The van der Waals surface area contributed by atoms with Crippen LogP contribution in [-0.2, 0) is 0 Å². The maximum atomic E-state index is 12.2. The van der Waals surface area contributed by atoms with E-state index in [0.29, 0.717) is 31.2 Å². The average molecular weight is 427 g/mol. The van der Waals surface area contributed by atoms with Gasteiger partial charge in [-0.1, -0.05) is 29.8 Å². The molecule has 1 atom stereocenters. The minimum atomic E-state index is -0.743. The normalized spacial score (nSPS) is 12.4. The van der Waals surface area contributed by atoms with Crippen LogP contribution in [0.15, 0.2) is 53.5 Å². The van der Waals surface area contributed by atoms with Gasteiger partial charge in [-0.15, -0.1) is 0 Å². The SMILES string of the molecule is CCNC(=NCC(O)c1cccc(OC(C)C)c1)NCCNC(=O)c1cccc(C)c1. The summed E-state index contributed by atoms with van der Waals surface area (Å²) in [5.41, 5.74) is 2.45. The van der Waals surface area contributed by atoms with Gasteiger partial charge in [-0.25, -0.2) is 0 Å². The summed E-state index contributed by atoms with van der Waals surface area (Å²) in [5, 5.41) is 19.7. The second-order valence-electron chi connectivity index (χ2n) is 7.53. The van der Waals surface area contributed by atoms with Crippen molar-refractivity contribution >= 4 is 11.9 Å². The Morgan fingerprint density at radius 2 is 1.81 bits per heavy atom. The molecule has 0 heterocycles. The molecule has 0 saturated carbocycles. The smallest absolute Gasteiger partial charge is 0.251 e. The molecule has 0 aliphatic heterocycles. The van der Waals surface area contributed by atoms with Gasteiger partial charge in [0.25, 0.3) is 5.91 Å². The maximum absolute atomic E-state index is 12.2. The maximum Gasteiger partial charge on any atom is 0.251 e. The molecular weight excluding hydrogens is 392 g/mol. The van der Waals surface area contributed by atoms with E-state index in [1.807, 2.05) is 70.2 Å². The number of carbonyl (C=O) groups is 1. The van der Waals surface area contributed by atoms with Gasteiger partial charge in [0.2, 0.25) is 0 Å². The molecule has 2 rings (SSSR count). The fourth-order valence-corrected chi connectivity index (χ4v) is 2.94.